The molecule has 0 aliphatic rings. The molecule has 0 saturated heterocycles. The highest BCUT2D eigenvalue weighted by Crippen LogP contribution is 2.09. The van der Waals surface area contributed by atoms with Gasteiger partial charge in [-0.15, -0.1) is 0 Å². The minimum atomic E-state index is 0.0778. The minimum Gasteiger partial charge on any atom is -0.348 e. The summed E-state index contributed by atoms with van der Waals surface area (Å²) in [4.78, 5) is 11.9. The number of benzene rings is 1. The molecule has 2 rings (SSSR count). The number of nitrogens with one attached hydrogen (secondary N) is 1. The van der Waals surface area contributed by atoms with Gasteiger partial charge in [-0.05, 0) is 24.3 Å². The molecule has 0 unspecified atom stereocenters. The van der Waals surface area contributed by atoms with E-state index in [1.807, 2.05) is 35.2 Å². The molecule has 3 nitrogen and oxygen atoms in total. The van der Waals surface area contributed by atoms with E-state index >= 15 is 0 Å². The smallest absolute Gasteiger partial charge is 0.286 e. The molecule has 2 aromatic rings. The average Bonchev–Trinajstić information content (AvgIpc) is 2.44. The number of amides is 1. The zero-order valence-electron chi connectivity index (χ0n) is 11.6. The molecule has 1 amide bonds. The quantitative estimate of drug-likeness (QED) is 0.820. The van der Waals surface area contributed by atoms with Crippen molar-refractivity contribution in [2.75, 3.05) is 0 Å². The molecule has 1 aromatic heterocycles. The Kier molecular flexibility index (Phi) is 4.50. The minimum absolute atomic E-state index is 0.0778. The Hall–Kier alpha value is -1.90. The number of carbonyl (C=O) groups excluding carboxylic acids is 1. The zero-order chi connectivity index (χ0) is 13.7. The molecule has 0 fully saturated rings. The third-order valence-corrected chi connectivity index (χ3v) is 3.42. The molecule has 0 spiro atoms. The largest absolute Gasteiger partial charge is 0.348 e. The van der Waals surface area contributed by atoms with E-state index in [2.05, 4.69) is 31.3 Å². The molecule has 1 aromatic carbocycles. The Bertz CT molecular complexity index is 561. The molecule has 0 bridgehead atoms. The Labute approximate surface area is 114 Å². The Morgan fingerprint density at radius 1 is 1.16 bits per heavy atom. The zero-order valence-corrected chi connectivity index (χ0v) is 11.6. The van der Waals surface area contributed by atoms with E-state index in [9.17, 15) is 4.79 Å². The lowest BCUT2D eigenvalue weighted by Gasteiger charge is -2.13. The van der Waals surface area contributed by atoms with Crippen LogP contribution >= 0.6 is 0 Å². The summed E-state index contributed by atoms with van der Waals surface area (Å²) in [6.07, 6.45) is 5.92. The molecule has 0 saturated carbocycles. The van der Waals surface area contributed by atoms with Gasteiger partial charge in [-0.1, -0.05) is 32.0 Å². The number of carbonyl (C=O) groups is 1. The maximum absolute atomic E-state index is 11.9. The van der Waals surface area contributed by atoms with E-state index in [1.165, 1.54) is 5.39 Å². The average molecular weight is 257 g/mol. The second-order valence-electron chi connectivity index (χ2n) is 4.83. The number of hydrogen-bond acceptors (Lipinski definition) is 1. The highest BCUT2D eigenvalue weighted by Gasteiger charge is 2.13. The van der Waals surface area contributed by atoms with Gasteiger partial charge >= 0.3 is 0 Å². The van der Waals surface area contributed by atoms with E-state index in [4.69, 9.17) is 0 Å². The fraction of sp³-hybridized carbons (Fsp3) is 0.375. The van der Waals surface area contributed by atoms with Crippen molar-refractivity contribution in [3.63, 3.8) is 0 Å². The van der Waals surface area contributed by atoms with E-state index in [0.717, 1.165) is 18.2 Å². The molecule has 0 radical (unpaired) electrons. The van der Waals surface area contributed by atoms with Gasteiger partial charge in [-0.3, -0.25) is 4.79 Å². The topological polar surface area (TPSA) is 33.0 Å². The van der Waals surface area contributed by atoms with Crippen LogP contribution < -0.4 is 9.88 Å². The summed E-state index contributed by atoms with van der Waals surface area (Å²) in [6, 6.07) is 10.5. The normalized spacial score (nSPS) is 10.9. The summed E-state index contributed by atoms with van der Waals surface area (Å²) in [5.74, 6) is 0.0778. The van der Waals surface area contributed by atoms with Gasteiger partial charge in [-0.2, -0.15) is 4.57 Å². The third-order valence-electron chi connectivity index (χ3n) is 3.42. The fourth-order valence-electron chi connectivity index (χ4n) is 2.21. The second kappa shape index (κ2) is 6.32. The first-order chi connectivity index (χ1) is 9.22. The van der Waals surface area contributed by atoms with Crippen LogP contribution in [0.5, 0.6) is 0 Å². The van der Waals surface area contributed by atoms with Gasteiger partial charge in [0.1, 0.15) is 0 Å². The maximum Gasteiger partial charge on any atom is 0.286 e. The van der Waals surface area contributed by atoms with Crippen LogP contribution in [0.2, 0.25) is 0 Å². The first-order valence-electron chi connectivity index (χ1n) is 6.90. The summed E-state index contributed by atoms with van der Waals surface area (Å²) in [7, 11) is 0. The van der Waals surface area contributed by atoms with E-state index in [0.29, 0.717) is 6.54 Å². The van der Waals surface area contributed by atoms with Gasteiger partial charge in [0.15, 0.2) is 12.4 Å². The number of hydrogen-bond donors (Lipinski definition) is 1. The van der Waals surface area contributed by atoms with Crippen molar-refractivity contribution in [2.45, 2.75) is 39.3 Å². The SMILES string of the molecule is CCC(CC)NC(=O)C[n+]1ccc2ccccc2c1. The van der Waals surface area contributed by atoms with Gasteiger partial charge in [0.25, 0.3) is 5.91 Å². The van der Waals surface area contributed by atoms with Gasteiger partial charge in [-0.25, -0.2) is 0 Å². The molecular weight excluding hydrogens is 236 g/mol. The highest BCUT2D eigenvalue weighted by molar-refractivity contribution is 5.80. The number of rotatable bonds is 5. The fourth-order valence-corrected chi connectivity index (χ4v) is 2.21. The predicted octanol–water partition coefficient (Wildman–Crippen LogP) is 2.43. The van der Waals surface area contributed by atoms with Gasteiger partial charge in [0.05, 0.1) is 0 Å². The van der Waals surface area contributed by atoms with Crippen LogP contribution in [0.25, 0.3) is 10.8 Å². The lowest BCUT2D eigenvalue weighted by atomic mass is 10.1. The maximum atomic E-state index is 11.9. The van der Waals surface area contributed by atoms with Crippen LogP contribution in [-0.2, 0) is 11.3 Å². The molecule has 3 heteroatoms. The standard InChI is InChI=1S/C16H20N2O/c1-3-15(4-2)17-16(19)12-18-10-9-13-7-5-6-8-14(13)11-18/h5-11,15H,3-4,12H2,1-2H3/p+1. The lowest BCUT2D eigenvalue weighted by molar-refractivity contribution is -0.683. The van der Waals surface area contributed by atoms with Gasteiger partial charge < -0.3 is 5.32 Å². The Morgan fingerprint density at radius 3 is 2.53 bits per heavy atom. The van der Waals surface area contributed by atoms with Gasteiger partial charge in [0.2, 0.25) is 6.54 Å². The van der Waals surface area contributed by atoms with E-state index in [-0.39, 0.29) is 11.9 Å². The molecule has 100 valence electrons. The van der Waals surface area contributed by atoms with Crippen LogP contribution in [0, 0.1) is 0 Å². The number of fused-ring (bicyclic) bond motifs is 1. The van der Waals surface area contributed by atoms with E-state index < -0.39 is 0 Å². The van der Waals surface area contributed by atoms with Crippen molar-refractivity contribution in [1.29, 1.82) is 0 Å². The van der Waals surface area contributed by atoms with Crippen molar-refractivity contribution in [1.82, 2.24) is 5.32 Å². The van der Waals surface area contributed by atoms with Crippen LogP contribution in [0.3, 0.4) is 0 Å². The molecule has 1 N–H and O–H groups in total. The summed E-state index contributed by atoms with van der Waals surface area (Å²) < 4.78 is 1.93. The molecular formula is C16H21N2O+. The van der Waals surface area contributed by atoms with Crippen molar-refractivity contribution in [3.05, 3.63) is 42.7 Å². The molecule has 19 heavy (non-hydrogen) atoms. The summed E-state index contributed by atoms with van der Waals surface area (Å²) >= 11 is 0. The molecule has 1 heterocycles. The monoisotopic (exact) mass is 257 g/mol. The number of aromatic nitrogens is 1. The Morgan fingerprint density at radius 2 is 1.84 bits per heavy atom. The van der Waals surface area contributed by atoms with Crippen molar-refractivity contribution in [2.24, 2.45) is 0 Å². The summed E-state index contributed by atoms with van der Waals surface area (Å²) in [5, 5.41) is 5.40. The highest BCUT2D eigenvalue weighted by atomic mass is 16.2. The van der Waals surface area contributed by atoms with E-state index in [1.54, 1.807) is 0 Å². The molecule has 0 atom stereocenters. The third kappa shape index (κ3) is 3.53. The first-order valence-corrected chi connectivity index (χ1v) is 6.90. The van der Waals surface area contributed by atoms with Crippen LogP contribution in [0.15, 0.2) is 42.7 Å². The van der Waals surface area contributed by atoms with Gasteiger partial charge in [0, 0.05) is 17.5 Å². The first kappa shape index (κ1) is 13.5. The molecule has 0 aliphatic heterocycles. The lowest BCUT2D eigenvalue weighted by Crippen LogP contribution is -2.45. The van der Waals surface area contributed by atoms with Crippen molar-refractivity contribution < 1.29 is 9.36 Å². The predicted molar refractivity (Wildman–Crippen MR) is 76.7 cm³/mol. The van der Waals surface area contributed by atoms with Crippen molar-refractivity contribution in [3.8, 4) is 0 Å². The van der Waals surface area contributed by atoms with Crippen molar-refractivity contribution >= 4 is 16.7 Å². The molecule has 0 aliphatic carbocycles. The number of nitrogens with zero attached hydrogens (tertiary/aromatic N) is 1. The summed E-state index contributed by atoms with van der Waals surface area (Å²) in [5.41, 5.74) is 0. The van der Waals surface area contributed by atoms with Crippen LogP contribution in [0.1, 0.15) is 26.7 Å². The number of pyridine rings is 1. The Balaban J connectivity index is 2.06. The van der Waals surface area contributed by atoms with Crippen LogP contribution in [-0.4, -0.2) is 11.9 Å². The summed E-state index contributed by atoms with van der Waals surface area (Å²) in [6.45, 7) is 4.57. The van der Waals surface area contributed by atoms with Crippen LogP contribution in [0.4, 0.5) is 0 Å². The second-order valence-corrected chi connectivity index (χ2v) is 4.83.